The monoisotopic (exact) mass is 132 g/mol. The lowest BCUT2D eigenvalue weighted by Gasteiger charge is -2.08. The van der Waals surface area contributed by atoms with Gasteiger partial charge in [0.25, 0.3) is 0 Å². The summed E-state index contributed by atoms with van der Waals surface area (Å²) in [5.41, 5.74) is 0. The quantitative estimate of drug-likeness (QED) is 0.520. The molecule has 0 aromatic rings. The van der Waals surface area contributed by atoms with Crippen molar-refractivity contribution < 1.29 is 0 Å². The highest BCUT2D eigenvalue weighted by Gasteiger charge is 2.16. The smallest absolute Gasteiger partial charge is 0.0850 e. The number of alkyl halides is 1. The number of hydrogen-bond donors (Lipinski definition) is 1. The third-order valence-electron chi connectivity index (χ3n) is 1.34. The molecule has 0 aromatic carbocycles. The zero-order chi connectivity index (χ0) is 5.98. The van der Waals surface area contributed by atoms with Crippen molar-refractivity contribution in [1.82, 2.24) is 5.32 Å². The predicted octanol–water partition coefficient (Wildman–Crippen LogP) is 0.614. The molecule has 8 heavy (non-hydrogen) atoms. The molecule has 0 aromatic heterocycles. The van der Waals surface area contributed by atoms with E-state index in [1.807, 2.05) is 0 Å². The first-order valence-corrected chi connectivity index (χ1v) is 3.21. The van der Waals surface area contributed by atoms with Gasteiger partial charge in [0, 0.05) is 11.9 Å². The minimum Gasteiger partial charge on any atom is -0.372 e. The fourth-order valence-electron chi connectivity index (χ4n) is 0.670. The molecule has 2 atom stereocenters. The second-order valence-electron chi connectivity index (χ2n) is 1.96. The van der Waals surface area contributed by atoms with Gasteiger partial charge in [-0.3, -0.25) is 4.99 Å². The number of aliphatic imine (C=N–C) groups is 1. The molecular weight excluding hydrogens is 124 g/mol. The molecule has 0 saturated heterocycles. The Morgan fingerprint density at radius 2 is 2.62 bits per heavy atom. The van der Waals surface area contributed by atoms with Gasteiger partial charge in [0.1, 0.15) is 0 Å². The van der Waals surface area contributed by atoms with Gasteiger partial charge in [0.05, 0.1) is 12.4 Å². The summed E-state index contributed by atoms with van der Waals surface area (Å²) in [5, 5.41) is 3.04. The second kappa shape index (κ2) is 2.35. The van der Waals surface area contributed by atoms with Crippen LogP contribution in [0.3, 0.4) is 0 Å². The van der Waals surface area contributed by atoms with E-state index in [0.717, 1.165) is 0 Å². The normalized spacial score (nSPS) is 35.2. The van der Waals surface area contributed by atoms with Crippen molar-refractivity contribution in [3.63, 3.8) is 0 Å². The van der Waals surface area contributed by atoms with Gasteiger partial charge < -0.3 is 5.32 Å². The summed E-state index contributed by atoms with van der Waals surface area (Å²) in [5.74, 6) is 0.616. The fraction of sp³-hybridized carbons (Fsp3) is 0.800. The molecule has 0 radical (unpaired) electrons. The predicted molar refractivity (Wildman–Crippen MR) is 35.6 cm³/mol. The van der Waals surface area contributed by atoms with Gasteiger partial charge in [-0.25, -0.2) is 0 Å². The van der Waals surface area contributed by atoms with E-state index in [2.05, 4.69) is 17.2 Å². The van der Waals surface area contributed by atoms with Crippen molar-refractivity contribution in [3.05, 3.63) is 0 Å². The number of nitrogens with zero attached hydrogens (tertiary/aromatic N) is 1. The van der Waals surface area contributed by atoms with E-state index in [-0.39, 0.29) is 6.04 Å². The SMILES string of the molecule is CC1NC=NC1CCl. The zero-order valence-corrected chi connectivity index (χ0v) is 5.52. The summed E-state index contributed by atoms with van der Waals surface area (Å²) in [7, 11) is 0. The molecule has 1 aliphatic rings. The lowest BCUT2D eigenvalue weighted by atomic mass is 10.2. The Bertz CT molecular complexity index is 103. The van der Waals surface area contributed by atoms with Crippen LogP contribution in [0.4, 0.5) is 0 Å². The molecule has 0 fully saturated rings. The summed E-state index contributed by atoms with van der Waals surface area (Å²) in [6, 6.07) is 0.712. The number of rotatable bonds is 1. The van der Waals surface area contributed by atoms with Crippen LogP contribution in [0.15, 0.2) is 4.99 Å². The van der Waals surface area contributed by atoms with E-state index in [0.29, 0.717) is 11.9 Å². The number of nitrogens with one attached hydrogen (secondary N) is 1. The van der Waals surface area contributed by atoms with Crippen molar-refractivity contribution in [2.45, 2.75) is 19.0 Å². The van der Waals surface area contributed by atoms with Gasteiger partial charge >= 0.3 is 0 Å². The van der Waals surface area contributed by atoms with E-state index in [9.17, 15) is 0 Å². The van der Waals surface area contributed by atoms with Gasteiger partial charge in [-0.15, -0.1) is 11.6 Å². The van der Waals surface area contributed by atoms with Gasteiger partial charge in [-0.2, -0.15) is 0 Å². The molecule has 1 heterocycles. The minimum absolute atomic E-state index is 0.289. The molecule has 0 saturated carbocycles. The third kappa shape index (κ3) is 0.944. The van der Waals surface area contributed by atoms with Gasteiger partial charge in [-0.05, 0) is 6.92 Å². The van der Waals surface area contributed by atoms with Crippen LogP contribution in [-0.2, 0) is 0 Å². The van der Waals surface area contributed by atoms with E-state index < -0.39 is 0 Å². The van der Waals surface area contributed by atoms with Crippen LogP contribution in [0, 0.1) is 0 Å². The first kappa shape index (κ1) is 5.89. The Morgan fingerprint density at radius 3 is 2.88 bits per heavy atom. The maximum Gasteiger partial charge on any atom is 0.0850 e. The highest BCUT2D eigenvalue weighted by molar-refractivity contribution is 6.18. The fourth-order valence-corrected chi connectivity index (χ4v) is 1.02. The largest absolute Gasteiger partial charge is 0.372 e. The average molecular weight is 133 g/mol. The molecule has 1 aliphatic heterocycles. The summed E-state index contributed by atoms with van der Waals surface area (Å²) in [4.78, 5) is 4.07. The Labute approximate surface area is 53.9 Å². The van der Waals surface area contributed by atoms with Crippen LogP contribution in [-0.4, -0.2) is 24.3 Å². The zero-order valence-electron chi connectivity index (χ0n) is 4.76. The average Bonchev–Trinajstić information content (AvgIpc) is 2.14. The maximum atomic E-state index is 5.55. The molecular formula is C5H9ClN2. The van der Waals surface area contributed by atoms with Gasteiger partial charge in [0.2, 0.25) is 0 Å². The summed E-state index contributed by atoms with van der Waals surface area (Å²) >= 11 is 5.55. The summed E-state index contributed by atoms with van der Waals surface area (Å²) in [6.07, 6.45) is 1.72. The maximum absolute atomic E-state index is 5.55. The van der Waals surface area contributed by atoms with Crippen LogP contribution in [0.2, 0.25) is 0 Å². The van der Waals surface area contributed by atoms with Crippen molar-refractivity contribution in [3.8, 4) is 0 Å². The molecule has 2 nitrogen and oxygen atoms in total. The van der Waals surface area contributed by atoms with Crippen LogP contribution < -0.4 is 5.32 Å². The second-order valence-corrected chi connectivity index (χ2v) is 2.26. The van der Waals surface area contributed by atoms with Crippen LogP contribution in [0.5, 0.6) is 0 Å². The number of halogens is 1. The molecule has 0 aliphatic carbocycles. The van der Waals surface area contributed by atoms with Crippen molar-refractivity contribution >= 4 is 17.9 Å². The first-order chi connectivity index (χ1) is 3.84. The van der Waals surface area contributed by atoms with Crippen LogP contribution in [0.1, 0.15) is 6.92 Å². The topological polar surface area (TPSA) is 24.4 Å². The molecule has 0 spiro atoms. The number of hydrogen-bond acceptors (Lipinski definition) is 2. The highest BCUT2D eigenvalue weighted by Crippen LogP contribution is 2.03. The van der Waals surface area contributed by atoms with Gasteiger partial charge in [0.15, 0.2) is 0 Å². The van der Waals surface area contributed by atoms with E-state index in [1.54, 1.807) is 6.34 Å². The minimum atomic E-state index is 0.289. The Balaban J connectivity index is 2.41. The van der Waals surface area contributed by atoms with Crippen LogP contribution in [0.25, 0.3) is 0 Å². The molecule has 3 heteroatoms. The molecule has 2 unspecified atom stereocenters. The Hall–Kier alpha value is -0.240. The van der Waals surface area contributed by atoms with Crippen molar-refractivity contribution in [2.75, 3.05) is 5.88 Å². The lowest BCUT2D eigenvalue weighted by molar-refractivity contribution is 0.606. The van der Waals surface area contributed by atoms with Gasteiger partial charge in [-0.1, -0.05) is 0 Å². The summed E-state index contributed by atoms with van der Waals surface area (Å²) in [6.45, 7) is 2.07. The van der Waals surface area contributed by atoms with E-state index in [4.69, 9.17) is 11.6 Å². The standard InChI is InChI=1S/C5H9ClN2/c1-4-5(2-6)8-3-7-4/h3-5H,2H2,1H3,(H,7,8). The molecule has 0 amide bonds. The van der Waals surface area contributed by atoms with Crippen molar-refractivity contribution in [2.24, 2.45) is 4.99 Å². The highest BCUT2D eigenvalue weighted by atomic mass is 35.5. The van der Waals surface area contributed by atoms with Crippen molar-refractivity contribution in [1.29, 1.82) is 0 Å². The molecule has 1 rings (SSSR count). The van der Waals surface area contributed by atoms with E-state index in [1.165, 1.54) is 0 Å². The Kier molecular flexibility index (Phi) is 1.73. The van der Waals surface area contributed by atoms with Crippen LogP contribution >= 0.6 is 11.6 Å². The lowest BCUT2D eigenvalue weighted by Crippen LogP contribution is -2.28. The van der Waals surface area contributed by atoms with E-state index >= 15 is 0 Å². The first-order valence-electron chi connectivity index (χ1n) is 2.68. The Morgan fingerprint density at radius 1 is 1.88 bits per heavy atom. The molecule has 0 bridgehead atoms. The molecule has 46 valence electrons. The summed E-state index contributed by atoms with van der Waals surface area (Å²) < 4.78 is 0. The third-order valence-corrected chi connectivity index (χ3v) is 1.65. The molecule has 1 N–H and O–H groups in total.